The number of carbonyl (C=O) groups is 2. The van der Waals surface area contributed by atoms with Gasteiger partial charge in [0.2, 0.25) is 11.8 Å². The van der Waals surface area contributed by atoms with E-state index in [1.54, 1.807) is 5.48 Å². The fourth-order valence-corrected chi connectivity index (χ4v) is 7.50. The van der Waals surface area contributed by atoms with Crippen LogP contribution in [0.5, 0.6) is 0 Å². The van der Waals surface area contributed by atoms with Crippen LogP contribution in [0.4, 0.5) is 5.69 Å². The van der Waals surface area contributed by atoms with Gasteiger partial charge in [0.05, 0.1) is 18.8 Å². The zero-order valence-corrected chi connectivity index (χ0v) is 25.0. The summed E-state index contributed by atoms with van der Waals surface area (Å²) >= 11 is 0. The molecule has 5 atom stereocenters. The topological polar surface area (TPSA) is 120 Å². The van der Waals surface area contributed by atoms with Crippen LogP contribution in [0, 0.1) is 10.8 Å². The van der Waals surface area contributed by atoms with Crippen molar-refractivity contribution in [1.29, 1.82) is 0 Å². The summed E-state index contributed by atoms with van der Waals surface area (Å²) in [6.07, 6.45) is 4.36. The highest BCUT2D eigenvalue weighted by molar-refractivity contribution is 5.91. The maximum Gasteiger partial charge on any atom is 0.243 e. The molecule has 2 heterocycles. The normalized spacial score (nSPS) is 28.8. The van der Waals surface area contributed by atoms with Gasteiger partial charge in [0, 0.05) is 49.6 Å². The third-order valence-electron chi connectivity index (χ3n) is 8.98. The quantitative estimate of drug-likeness (QED) is 0.224. The minimum absolute atomic E-state index is 0.00646. The van der Waals surface area contributed by atoms with Crippen LogP contribution in [-0.4, -0.2) is 52.3 Å². The first kappa shape index (κ1) is 30.6. The van der Waals surface area contributed by atoms with E-state index in [0.29, 0.717) is 29.0 Å². The third kappa shape index (κ3) is 7.57. The predicted molar refractivity (Wildman–Crippen MR) is 158 cm³/mol. The van der Waals surface area contributed by atoms with Crippen molar-refractivity contribution < 1.29 is 29.4 Å². The molecule has 3 fully saturated rings. The Bertz CT molecular complexity index is 1230. The molecular formula is C33H45N3O6. The number of ether oxygens (including phenoxy) is 2. The van der Waals surface area contributed by atoms with Gasteiger partial charge in [0.25, 0.3) is 0 Å². The van der Waals surface area contributed by atoms with E-state index in [1.807, 2.05) is 48.5 Å². The lowest BCUT2D eigenvalue weighted by atomic mass is 9.65. The van der Waals surface area contributed by atoms with Crippen LogP contribution in [0.1, 0.15) is 94.8 Å². The lowest BCUT2D eigenvalue weighted by Gasteiger charge is -2.41. The van der Waals surface area contributed by atoms with Gasteiger partial charge in [-0.1, -0.05) is 57.2 Å². The van der Waals surface area contributed by atoms with E-state index in [-0.39, 0.29) is 37.6 Å². The number of nitrogens with one attached hydrogen (secondary N) is 2. The van der Waals surface area contributed by atoms with E-state index >= 15 is 0 Å². The van der Waals surface area contributed by atoms with Crippen molar-refractivity contribution >= 4 is 17.5 Å². The first-order valence-electron chi connectivity index (χ1n) is 15.1. The van der Waals surface area contributed by atoms with E-state index < -0.39 is 12.2 Å². The zero-order valence-electron chi connectivity index (χ0n) is 25.0. The fraction of sp³-hybridized carbons (Fsp3) is 0.576. The third-order valence-corrected chi connectivity index (χ3v) is 8.98. The summed E-state index contributed by atoms with van der Waals surface area (Å²) < 4.78 is 13.1. The van der Waals surface area contributed by atoms with Gasteiger partial charge in [-0.2, -0.15) is 0 Å². The number of hydrogen-bond acceptors (Lipinski definition) is 7. The Balaban J connectivity index is 1.27. The molecule has 4 N–H and O–H groups in total. The van der Waals surface area contributed by atoms with Crippen molar-refractivity contribution in [1.82, 2.24) is 10.4 Å². The summed E-state index contributed by atoms with van der Waals surface area (Å²) in [5, 5.41) is 21.0. The first-order valence-corrected chi connectivity index (χ1v) is 15.1. The first-order chi connectivity index (χ1) is 20.0. The number of hydroxylamine groups is 1. The van der Waals surface area contributed by atoms with E-state index in [0.717, 1.165) is 36.2 Å². The van der Waals surface area contributed by atoms with E-state index in [9.17, 15) is 14.7 Å². The second-order valence-electron chi connectivity index (χ2n) is 13.6. The molecule has 0 spiro atoms. The number of rotatable bonds is 10. The molecule has 1 aliphatic carbocycles. The minimum Gasteiger partial charge on any atom is -0.392 e. The summed E-state index contributed by atoms with van der Waals surface area (Å²) in [5.41, 5.74) is 5.74. The largest absolute Gasteiger partial charge is 0.392 e. The van der Waals surface area contributed by atoms with Gasteiger partial charge < -0.3 is 19.9 Å². The molecule has 228 valence electrons. The Morgan fingerprint density at radius 2 is 1.64 bits per heavy atom. The molecule has 3 aliphatic rings. The number of likely N-dealkylation sites (tertiary alicyclic amines) is 1. The smallest absolute Gasteiger partial charge is 0.243 e. The second kappa shape index (κ2) is 12.8. The second-order valence-corrected chi connectivity index (χ2v) is 13.6. The summed E-state index contributed by atoms with van der Waals surface area (Å²) in [7, 11) is 0. The molecule has 9 nitrogen and oxygen atoms in total. The van der Waals surface area contributed by atoms with Crippen molar-refractivity contribution in [3.8, 4) is 0 Å². The van der Waals surface area contributed by atoms with Gasteiger partial charge in [-0.05, 0) is 59.8 Å². The summed E-state index contributed by atoms with van der Waals surface area (Å²) in [5.74, 6) is -0.704. The minimum atomic E-state index is -0.554. The number of anilines is 1. The average Bonchev–Trinajstić information content (AvgIpc) is 3.20. The summed E-state index contributed by atoms with van der Waals surface area (Å²) in [4.78, 5) is 26.1. The lowest BCUT2D eigenvalue weighted by molar-refractivity contribution is -0.253. The molecule has 5 rings (SSSR count). The highest BCUT2D eigenvalue weighted by atomic mass is 16.7. The maximum absolute atomic E-state index is 12.3. The monoisotopic (exact) mass is 579 g/mol. The van der Waals surface area contributed by atoms with Crippen molar-refractivity contribution in [3.63, 3.8) is 0 Å². The number of nitrogens with zero attached hydrogens (tertiary/aromatic N) is 1. The molecule has 2 saturated heterocycles. The highest BCUT2D eigenvalue weighted by Crippen LogP contribution is 2.53. The van der Waals surface area contributed by atoms with Gasteiger partial charge >= 0.3 is 0 Å². The molecule has 2 aromatic rings. The molecule has 2 aliphatic heterocycles. The van der Waals surface area contributed by atoms with Gasteiger partial charge in [0.15, 0.2) is 6.29 Å². The Hall–Kier alpha value is -2.82. The molecule has 2 aromatic carbocycles. The molecule has 1 saturated carbocycles. The van der Waals surface area contributed by atoms with E-state index in [4.69, 9.17) is 14.7 Å². The lowest BCUT2D eigenvalue weighted by Crippen LogP contribution is -2.42. The number of aliphatic hydroxyl groups excluding tert-OH is 1. The zero-order chi connectivity index (χ0) is 29.9. The SMILES string of the molecule is CC1(C)CC2CC(C)(CN2C[C@@H]2C[C@H](c3ccc(CO)cc3)O[C@H](c3ccc(NC(=O)CCCC(=O)NO)cc3)O2)C1. The van der Waals surface area contributed by atoms with E-state index in [2.05, 4.69) is 31.0 Å². The van der Waals surface area contributed by atoms with Crippen LogP contribution in [-0.2, 0) is 25.7 Å². The molecule has 0 aromatic heterocycles. The molecule has 2 amide bonds. The van der Waals surface area contributed by atoms with Crippen molar-refractivity contribution in [2.45, 2.75) is 96.9 Å². The number of hydrogen-bond donors (Lipinski definition) is 4. The average molecular weight is 580 g/mol. The molecule has 2 bridgehead atoms. The Morgan fingerprint density at radius 3 is 2.33 bits per heavy atom. The Labute approximate surface area is 248 Å². The number of fused-ring (bicyclic) bond motifs is 2. The van der Waals surface area contributed by atoms with Crippen molar-refractivity contribution in [2.24, 2.45) is 10.8 Å². The summed E-state index contributed by atoms with van der Waals surface area (Å²) in [6, 6.07) is 16.0. The van der Waals surface area contributed by atoms with Crippen LogP contribution in [0.25, 0.3) is 0 Å². The van der Waals surface area contributed by atoms with Crippen molar-refractivity contribution in [3.05, 3.63) is 65.2 Å². The Kier molecular flexibility index (Phi) is 9.34. The van der Waals surface area contributed by atoms with Gasteiger partial charge in [-0.25, -0.2) is 5.48 Å². The number of aliphatic hydroxyl groups is 1. The standard InChI is InChI=1S/C33H45N3O6/c1-32(2)16-26-17-33(3,20-32)21-36(26)18-27-15-28(23-9-7-22(19-37)8-10-23)42-31(41-27)24-11-13-25(14-12-24)34-29(38)5-4-6-30(39)35-40/h7-14,26-28,31,37,40H,4-6,15-21H2,1-3H3,(H,34,38)(H,35,39)/t26?,27-,28+,31+,33?/m0/s1. The molecule has 0 radical (unpaired) electrons. The molecule has 9 heteroatoms. The number of benzene rings is 2. The summed E-state index contributed by atoms with van der Waals surface area (Å²) in [6.45, 7) is 9.20. The van der Waals surface area contributed by atoms with Crippen LogP contribution in [0.3, 0.4) is 0 Å². The van der Waals surface area contributed by atoms with Crippen LogP contribution >= 0.6 is 0 Å². The highest BCUT2D eigenvalue weighted by Gasteiger charge is 2.50. The molecule has 42 heavy (non-hydrogen) atoms. The van der Waals surface area contributed by atoms with Gasteiger partial charge in [-0.3, -0.25) is 19.7 Å². The molecule has 2 unspecified atom stereocenters. The molecular weight excluding hydrogens is 534 g/mol. The van der Waals surface area contributed by atoms with Gasteiger partial charge in [-0.15, -0.1) is 0 Å². The maximum atomic E-state index is 12.3. The fourth-order valence-electron chi connectivity index (χ4n) is 7.50. The van der Waals surface area contributed by atoms with Crippen LogP contribution < -0.4 is 10.8 Å². The number of amides is 2. The van der Waals surface area contributed by atoms with Crippen LogP contribution in [0.2, 0.25) is 0 Å². The Morgan fingerprint density at radius 1 is 0.952 bits per heavy atom. The number of carbonyl (C=O) groups excluding carboxylic acids is 2. The predicted octanol–water partition coefficient (Wildman–Crippen LogP) is 5.24. The van der Waals surface area contributed by atoms with Crippen molar-refractivity contribution in [2.75, 3.05) is 18.4 Å². The van der Waals surface area contributed by atoms with Crippen LogP contribution in [0.15, 0.2) is 48.5 Å². The van der Waals surface area contributed by atoms with Gasteiger partial charge in [0.1, 0.15) is 0 Å². The van der Waals surface area contributed by atoms with E-state index in [1.165, 1.54) is 19.3 Å².